The molecule has 0 bridgehead atoms. The summed E-state index contributed by atoms with van der Waals surface area (Å²) in [6.45, 7) is 0. The Balaban J connectivity index is 2.32. The smallest absolute Gasteiger partial charge is 0.433 e. The molecule has 0 saturated carbocycles. The first-order valence-electron chi connectivity index (χ1n) is 6.10. The van der Waals surface area contributed by atoms with Gasteiger partial charge >= 0.3 is 6.18 Å². The predicted molar refractivity (Wildman–Crippen MR) is 77.8 cm³/mol. The number of alkyl halides is 3. The van der Waals surface area contributed by atoms with Gasteiger partial charge in [-0.2, -0.15) is 13.2 Å². The van der Waals surface area contributed by atoms with E-state index >= 15 is 0 Å². The van der Waals surface area contributed by atoms with Crippen LogP contribution >= 0.6 is 15.9 Å². The first-order chi connectivity index (χ1) is 10.7. The van der Waals surface area contributed by atoms with Crippen molar-refractivity contribution in [1.82, 2.24) is 4.98 Å². The molecule has 0 aliphatic rings. The highest BCUT2D eigenvalue weighted by molar-refractivity contribution is 9.10. The van der Waals surface area contributed by atoms with Gasteiger partial charge in [-0.25, -0.2) is 4.39 Å². The van der Waals surface area contributed by atoms with Crippen LogP contribution in [0.25, 0.3) is 0 Å². The maximum Gasteiger partial charge on any atom is 0.433 e. The third kappa shape index (κ3) is 3.98. The lowest BCUT2D eigenvalue weighted by atomic mass is 10.1. The lowest BCUT2D eigenvalue weighted by Crippen LogP contribution is -2.16. The largest absolute Gasteiger partial charge is 0.494 e. The van der Waals surface area contributed by atoms with Crippen LogP contribution in [0.2, 0.25) is 0 Å². The van der Waals surface area contributed by atoms with Crippen molar-refractivity contribution in [1.29, 1.82) is 0 Å². The van der Waals surface area contributed by atoms with Crippen molar-refractivity contribution in [2.45, 2.75) is 6.18 Å². The normalized spacial score (nSPS) is 11.2. The van der Waals surface area contributed by atoms with E-state index in [1.54, 1.807) is 0 Å². The summed E-state index contributed by atoms with van der Waals surface area (Å²) in [5, 5.41) is 2.19. The molecule has 0 atom stereocenters. The fourth-order valence-corrected chi connectivity index (χ4v) is 2.18. The fraction of sp³-hybridized carbons (Fsp3) is 0.143. The minimum Gasteiger partial charge on any atom is -0.494 e. The van der Waals surface area contributed by atoms with Crippen molar-refractivity contribution in [2.24, 2.45) is 0 Å². The minimum absolute atomic E-state index is 0.157. The second kappa shape index (κ2) is 6.53. The quantitative estimate of drug-likeness (QED) is 0.793. The second-order valence-electron chi connectivity index (χ2n) is 4.35. The summed E-state index contributed by atoms with van der Waals surface area (Å²) < 4.78 is 57.0. The number of ether oxygens (including phenoxy) is 1. The zero-order valence-corrected chi connectivity index (χ0v) is 13.1. The molecule has 1 heterocycles. The van der Waals surface area contributed by atoms with Crippen LogP contribution in [-0.4, -0.2) is 18.0 Å². The first-order valence-corrected chi connectivity index (χ1v) is 6.89. The van der Waals surface area contributed by atoms with Crippen LogP contribution in [0.1, 0.15) is 16.1 Å². The second-order valence-corrected chi connectivity index (χ2v) is 5.27. The van der Waals surface area contributed by atoms with Gasteiger partial charge in [-0.05, 0) is 24.3 Å². The van der Waals surface area contributed by atoms with E-state index < -0.39 is 23.6 Å². The highest BCUT2D eigenvalue weighted by Gasteiger charge is 2.32. The molecule has 0 radical (unpaired) electrons. The summed E-state index contributed by atoms with van der Waals surface area (Å²) in [5.41, 5.74) is -1.69. The van der Waals surface area contributed by atoms with Crippen molar-refractivity contribution in [2.75, 3.05) is 12.4 Å². The molecule has 9 heteroatoms. The molecule has 1 aromatic heterocycles. The zero-order chi connectivity index (χ0) is 17.2. The van der Waals surface area contributed by atoms with Gasteiger partial charge in [0.1, 0.15) is 5.69 Å². The van der Waals surface area contributed by atoms with E-state index in [4.69, 9.17) is 4.74 Å². The van der Waals surface area contributed by atoms with Gasteiger partial charge in [0, 0.05) is 16.4 Å². The van der Waals surface area contributed by atoms with E-state index in [1.165, 1.54) is 25.3 Å². The number of amides is 1. The Labute approximate surface area is 136 Å². The number of anilines is 1. The molecule has 1 aromatic carbocycles. The Morgan fingerprint density at radius 2 is 2.00 bits per heavy atom. The topological polar surface area (TPSA) is 51.2 Å². The molecule has 122 valence electrons. The fourth-order valence-electron chi connectivity index (χ4n) is 1.74. The van der Waals surface area contributed by atoms with Crippen molar-refractivity contribution in [3.05, 3.63) is 52.0 Å². The summed E-state index contributed by atoms with van der Waals surface area (Å²) in [6, 6.07) is 4.34. The molecule has 2 aromatic rings. The number of pyridine rings is 1. The third-order valence-corrected chi connectivity index (χ3v) is 3.23. The van der Waals surface area contributed by atoms with Crippen molar-refractivity contribution in [3.63, 3.8) is 0 Å². The molecule has 0 fully saturated rings. The van der Waals surface area contributed by atoms with Crippen molar-refractivity contribution >= 4 is 27.5 Å². The predicted octanol–water partition coefficient (Wildman–Crippen LogP) is 4.26. The van der Waals surface area contributed by atoms with Crippen LogP contribution in [0, 0.1) is 5.82 Å². The van der Waals surface area contributed by atoms with Crippen LogP contribution in [0.15, 0.2) is 34.9 Å². The summed E-state index contributed by atoms with van der Waals surface area (Å²) in [6.07, 6.45) is -3.75. The number of nitrogens with zero attached hydrogens (tertiary/aromatic N) is 1. The molecule has 23 heavy (non-hydrogen) atoms. The van der Waals surface area contributed by atoms with Crippen LogP contribution in [-0.2, 0) is 6.18 Å². The first kappa shape index (κ1) is 17.2. The van der Waals surface area contributed by atoms with Gasteiger partial charge < -0.3 is 10.1 Å². The molecule has 1 N–H and O–H groups in total. The molecule has 2 rings (SSSR count). The minimum atomic E-state index is -4.65. The standard InChI is InChI=1S/C14H9BrF4N2O2/c1-23-10-5-7(15)4-9(12(10)16)13(22)21-8-2-3-20-11(6-8)14(17,18)19/h2-6H,1H3,(H,20,21,22). The number of hydrogen-bond acceptors (Lipinski definition) is 3. The number of nitrogens with one attached hydrogen (secondary N) is 1. The number of halogens is 5. The summed E-state index contributed by atoms with van der Waals surface area (Å²) >= 11 is 3.09. The van der Waals surface area contributed by atoms with E-state index in [-0.39, 0.29) is 17.0 Å². The van der Waals surface area contributed by atoms with Gasteiger partial charge in [-0.1, -0.05) is 15.9 Å². The maximum absolute atomic E-state index is 14.1. The zero-order valence-electron chi connectivity index (χ0n) is 11.5. The number of aromatic nitrogens is 1. The molecule has 0 spiro atoms. The number of carbonyl (C=O) groups is 1. The highest BCUT2D eigenvalue weighted by atomic mass is 79.9. The van der Waals surface area contributed by atoms with Gasteiger partial charge in [-0.15, -0.1) is 0 Å². The average Bonchev–Trinajstić information content (AvgIpc) is 2.48. The van der Waals surface area contributed by atoms with E-state index in [0.717, 1.165) is 6.20 Å². The van der Waals surface area contributed by atoms with Gasteiger partial charge in [-0.3, -0.25) is 9.78 Å². The van der Waals surface area contributed by atoms with Crippen LogP contribution < -0.4 is 10.1 Å². The lowest BCUT2D eigenvalue weighted by molar-refractivity contribution is -0.141. The summed E-state index contributed by atoms with van der Waals surface area (Å²) in [4.78, 5) is 15.3. The van der Waals surface area contributed by atoms with E-state index in [1.807, 2.05) is 0 Å². The number of rotatable bonds is 3. The molecule has 4 nitrogen and oxygen atoms in total. The molecular weight excluding hydrogens is 384 g/mol. The van der Waals surface area contributed by atoms with Crippen LogP contribution in [0.4, 0.5) is 23.2 Å². The molecule has 0 aliphatic heterocycles. The Kier molecular flexibility index (Phi) is 4.88. The van der Waals surface area contributed by atoms with Crippen LogP contribution in [0.5, 0.6) is 5.75 Å². The molecule has 0 aliphatic carbocycles. The number of methoxy groups -OCH3 is 1. The lowest BCUT2D eigenvalue weighted by Gasteiger charge is -2.11. The number of hydrogen-bond donors (Lipinski definition) is 1. The molecule has 0 saturated heterocycles. The SMILES string of the molecule is COc1cc(Br)cc(C(=O)Nc2ccnc(C(F)(F)F)c2)c1F. The average molecular weight is 393 g/mol. The van der Waals surface area contributed by atoms with Gasteiger partial charge in [0.2, 0.25) is 0 Å². The van der Waals surface area contributed by atoms with Crippen LogP contribution in [0.3, 0.4) is 0 Å². The monoisotopic (exact) mass is 392 g/mol. The van der Waals surface area contributed by atoms with E-state index in [9.17, 15) is 22.4 Å². The molecular formula is C14H9BrF4N2O2. The highest BCUT2D eigenvalue weighted by Crippen LogP contribution is 2.30. The summed E-state index contributed by atoms with van der Waals surface area (Å²) in [5.74, 6) is -2.00. The van der Waals surface area contributed by atoms with Crippen molar-refractivity contribution in [3.8, 4) is 5.75 Å². The molecule has 1 amide bonds. The van der Waals surface area contributed by atoms with Gasteiger partial charge in [0.15, 0.2) is 11.6 Å². The van der Waals surface area contributed by atoms with E-state index in [0.29, 0.717) is 10.5 Å². The van der Waals surface area contributed by atoms with Gasteiger partial charge in [0.25, 0.3) is 5.91 Å². The molecule has 0 unspecified atom stereocenters. The van der Waals surface area contributed by atoms with Crippen molar-refractivity contribution < 1.29 is 27.1 Å². The summed E-state index contributed by atoms with van der Waals surface area (Å²) in [7, 11) is 1.23. The Hall–Kier alpha value is -2.16. The Morgan fingerprint density at radius 3 is 2.61 bits per heavy atom. The Bertz CT molecular complexity index is 750. The van der Waals surface area contributed by atoms with E-state index in [2.05, 4.69) is 26.2 Å². The Morgan fingerprint density at radius 1 is 1.30 bits per heavy atom. The maximum atomic E-state index is 14.1. The number of carbonyl (C=O) groups excluding carboxylic acids is 1. The number of benzene rings is 1. The van der Waals surface area contributed by atoms with Gasteiger partial charge in [0.05, 0.1) is 12.7 Å². The third-order valence-electron chi connectivity index (χ3n) is 2.78.